The predicted molar refractivity (Wildman–Crippen MR) is 118 cm³/mol. The number of fused-ring (bicyclic) bond motifs is 4. The summed E-state index contributed by atoms with van der Waals surface area (Å²) in [6, 6.07) is 11.4. The molecule has 6 nitrogen and oxygen atoms in total. The van der Waals surface area contributed by atoms with Gasteiger partial charge >= 0.3 is 12.0 Å². The summed E-state index contributed by atoms with van der Waals surface area (Å²) in [5.74, 6) is -0.216. The van der Waals surface area contributed by atoms with Gasteiger partial charge in [0.05, 0.1) is 18.7 Å². The second kappa shape index (κ2) is 8.54. The summed E-state index contributed by atoms with van der Waals surface area (Å²) in [4.78, 5) is 29.9. The molecule has 2 amide bonds. The Kier molecular flexibility index (Phi) is 5.59. The van der Waals surface area contributed by atoms with Gasteiger partial charge in [0.15, 0.2) is 0 Å². The van der Waals surface area contributed by atoms with Crippen LogP contribution >= 0.6 is 0 Å². The first-order valence-corrected chi connectivity index (χ1v) is 11.3. The molecule has 168 valence electrons. The third-order valence-electron chi connectivity index (χ3n) is 7.21. The van der Waals surface area contributed by atoms with E-state index in [9.17, 15) is 14.0 Å². The number of hydrogen-bond donors (Lipinski definition) is 1. The van der Waals surface area contributed by atoms with Gasteiger partial charge in [-0.1, -0.05) is 18.2 Å². The van der Waals surface area contributed by atoms with Crippen molar-refractivity contribution in [3.8, 4) is 0 Å². The maximum Gasteiger partial charge on any atom is 0.337 e. The number of carbonyl (C=O) groups excluding carboxylic acids is 2. The topological polar surface area (TPSA) is 61.9 Å². The minimum atomic E-state index is -0.417. The fourth-order valence-electron chi connectivity index (χ4n) is 5.45. The number of esters is 1. The molecule has 0 aromatic heterocycles. The molecule has 2 bridgehead atoms. The first-order valence-electron chi connectivity index (χ1n) is 11.3. The molecule has 32 heavy (non-hydrogen) atoms. The number of hydrogen-bond acceptors (Lipinski definition) is 4. The van der Waals surface area contributed by atoms with Gasteiger partial charge in [0, 0.05) is 19.1 Å². The van der Waals surface area contributed by atoms with Gasteiger partial charge in [-0.3, -0.25) is 0 Å². The number of rotatable bonds is 3. The fraction of sp³-hybridized carbons (Fsp3) is 0.440. The summed E-state index contributed by atoms with van der Waals surface area (Å²) in [6.07, 6.45) is 2.94. The van der Waals surface area contributed by atoms with Gasteiger partial charge < -0.3 is 19.9 Å². The van der Waals surface area contributed by atoms with Gasteiger partial charge in [-0.2, -0.15) is 0 Å². The quantitative estimate of drug-likeness (QED) is 0.748. The van der Waals surface area contributed by atoms with E-state index < -0.39 is 12.0 Å². The first-order chi connectivity index (χ1) is 15.5. The number of benzene rings is 2. The van der Waals surface area contributed by atoms with Crippen molar-refractivity contribution < 1.29 is 18.7 Å². The van der Waals surface area contributed by atoms with E-state index in [1.165, 1.54) is 19.2 Å². The standard InChI is InChI=1S/C25H28FN3O3/c1-32-24(30)19-3-2-16-10-13-29(23(21(16)14-19)18-4-6-20(26)7-5-18)25(31)27-22-15-28-11-8-17(22)9-12-28/h2-7,14,17,22-23H,8-13,15H2,1H3,(H,27,31)/t22?,23-/m0/s1. The Morgan fingerprint density at radius 2 is 1.81 bits per heavy atom. The monoisotopic (exact) mass is 437 g/mol. The maximum atomic E-state index is 13.7. The molecule has 0 spiro atoms. The molecule has 0 aliphatic carbocycles. The zero-order valence-electron chi connectivity index (χ0n) is 18.2. The van der Waals surface area contributed by atoms with Gasteiger partial charge in [0.2, 0.25) is 0 Å². The minimum absolute atomic E-state index is 0.104. The van der Waals surface area contributed by atoms with Gasteiger partial charge in [0.25, 0.3) is 0 Å². The summed E-state index contributed by atoms with van der Waals surface area (Å²) in [5, 5.41) is 3.29. The lowest BCUT2D eigenvalue weighted by Crippen LogP contribution is -2.59. The zero-order chi connectivity index (χ0) is 22.2. The normalized spacial score (nSPS) is 26.4. The number of urea groups is 1. The second-order valence-electron chi connectivity index (χ2n) is 9.00. The summed E-state index contributed by atoms with van der Waals surface area (Å²) in [6.45, 7) is 3.68. The Morgan fingerprint density at radius 3 is 2.47 bits per heavy atom. The lowest BCUT2D eigenvalue weighted by atomic mass is 9.84. The van der Waals surface area contributed by atoms with Crippen molar-refractivity contribution in [2.75, 3.05) is 33.3 Å². The van der Waals surface area contributed by atoms with Crippen LogP contribution in [-0.2, 0) is 11.2 Å². The Balaban J connectivity index is 1.48. The number of carbonyl (C=O) groups is 2. The Hall–Kier alpha value is -2.93. The van der Waals surface area contributed by atoms with Crippen LogP contribution in [0.25, 0.3) is 0 Å². The molecule has 3 fully saturated rings. The number of piperidine rings is 3. The van der Waals surface area contributed by atoms with E-state index in [1.54, 1.807) is 18.2 Å². The van der Waals surface area contributed by atoms with Crippen LogP contribution in [0.15, 0.2) is 42.5 Å². The summed E-state index contributed by atoms with van der Waals surface area (Å²) in [5.41, 5.74) is 3.23. The number of ether oxygens (including phenoxy) is 1. The Bertz CT molecular complexity index is 1020. The molecule has 7 heteroatoms. The van der Waals surface area contributed by atoms with Crippen molar-refractivity contribution in [2.45, 2.75) is 31.3 Å². The molecule has 2 atom stereocenters. The molecule has 2 aromatic carbocycles. The van der Waals surface area contributed by atoms with Crippen molar-refractivity contribution in [3.05, 3.63) is 70.5 Å². The lowest BCUT2D eigenvalue weighted by Gasteiger charge is -2.46. The third kappa shape index (κ3) is 3.86. The molecule has 4 aliphatic heterocycles. The van der Waals surface area contributed by atoms with Crippen LogP contribution in [0, 0.1) is 11.7 Å². The number of nitrogens with one attached hydrogen (secondary N) is 1. The van der Waals surface area contributed by atoms with Crippen LogP contribution in [0.4, 0.5) is 9.18 Å². The second-order valence-corrected chi connectivity index (χ2v) is 9.00. The van der Waals surface area contributed by atoms with Crippen LogP contribution in [0.1, 0.15) is 45.9 Å². The molecule has 2 aromatic rings. The van der Waals surface area contributed by atoms with Gasteiger partial charge in [-0.05, 0) is 79.2 Å². The molecule has 0 radical (unpaired) electrons. The largest absolute Gasteiger partial charge is 0.465 e. The predicted octanol–water partition coefficient (Wildman–Crippen LogP) is 3.36. The number of methoxy groups -OCH3 is 1. The van der Waals surface area contributed by atoms with Crippen molar-refractivity contribution in [1.29, 1.82) is 0 Å². The van der Waals surface area contributed by atoms with Gasteiger partial charge in [0.1, 0.15) is 5.82 Å². The molecule has 1 unspecified atom stereocenters. The Morgan fingerprint density at radius 1 is 1.06 bits per heavy atom. The highest BCUT2D eigenvalue weighted by molar-refractivity contribution is 5.90. The highest BCUT2D eigenvalue weighted by atomic mass is 19.1. The molecule has 0 saturated carbocycles. The molecule has 3 saturated heterocycles. The number of halogens is 1. The average Bonchev–Trinajstić information content (AvgIpc) is 2.83. The van der Waals surface area contributed by atoms with Crippen molar-refractivity contribution in [2.24, 2.45) is 5.92 Å². The van der Waals surface area contributed by atoms with Crippen molar-refractivity contribution >= 4 is 12.0 Å². The van der Waals surface area contributed by atoms with E-state index in [-0.39, 0.29) is 17.9 Å². The zero-order valence-corrected chi connectivity index (χ0v) is 18.2. The average molecular weight is 438 g/mol. The van der Waals surface area contributed by atoms with E-state index in [0.29, 0.717) is 24.4 Å². The fourth-order valence-corrected chi connectivity index (χ4v) is 5.45. The highest BCUT2D eigenvalue weighted by Gasteiger charge is 2.38. The summed E-state index contributed by atoms with van der Waals surface area (Å²) >= 11 is 0. The molecule has 6 rings (SSSR count). The first kappa shape index (κ1) is 20.9. The van der Waals surface area contributed by atoms with Crippen LogP contribution in [0.5, 0.6) is 0 Å². The van der Waals surface area contributed by atoms with Crippen molar-refractivity contribution in [3.63, 3.8) is 0 Å². The van der Waals surface area contributed by atoms with E-state index >= 15 is 0 Å². The molecule has 4 heterocycles. The summed E-state index contributed by atoms with van der Waals surface area (Å²) < 4.78 is 18.6. The Labute approximate surface area is 187 Å². The van der Waals surface area contributed by atoms with Crippen LogP contribution in [-0.4, -0.2) is 61.1 Å². The minimum Gasteiger partial charge on any atom is -0.465 e. The summed E-state index contributed by atoms with van der Waals surface area (Å²) in [7, 11) is 1.35. The molecule has 1 N–H and O–H groups in total. The van der Waals surface area contributed by atoms with Crippen LogP contribution in [0.2, 0.25) is 0 Å². The molecular weight excluding hydrogens is 409 g/mol. The van der Waals surface area contributed by atoms with Crippen LogP contribution in [0.3, 0.4) is 0 Å². The molecule has 4 aliphatic rings. The van der Waals surface area contributed by atoms with E-state index in [4.69, 9.17) is 4.74 Å². The van der Waals surface area contributed by atoms with Gasteiger partial charge in [-0.15, -0.1) is 0 Å². The van der Waals surface area contributed by atoms with Crippen molar-refractivity contribution in [1.82, 2.24) is 15.1 Å². The maximum absolute atomic E-state index is 13.7. The number of nitrogens with zero attached hydrogens (tertiary/aromatic N) is 2. The van der Waals surface area contributed by atoms with Crippen LogP contribution < -0.4 is 5.32 Å². The lowest BCUT2D eigenvalue weighted by molar-refractivity contribution is 0.0600. The highest BCUT2D eigenvalue weighted by Crippen LogP contribution is 2.36. The smallest absolute Gasteiger partial charge is 0.337 e. The third-order valence-corrected chi connectivity index (χ3v) is 7.21. The SMILES string of the molecule is COC(=O)c1ccc2c(c1)[C@H](c1ccc(F)cc1)N(C(=O)NC1CN3CCC1CC3)CC2. The van der Waals surface area contributed by atoms with E-state index in [1.807, 2.05) is 17.0 Å². The van der Waals surface area contributed by atoms with Gasteiger partial charge in [-0.25, -0.2) is 14.0 Å². The van der Waals surface area contributed by atoms with E-state index in [0.717, 1.165) is 49.2 Å². The number of amides is 2. The van der Waals surface area contributed by atoms with E-state index in [2.05, 4.69) is 10.2 Å². The molecular formula is C25H28FN3O3.